The lowest BCUT2D eigenvalue weighted by Gasteiger charge is -2.46. The van der Waals surface area contributed by atoms with Crippen molar-refractivity contribution in [3.63, 3.8) is 0 Å². The van der Waals surface area contributed by atoms with Crippen LogP contribution in [0.2, 0.25) is 0 Å². The van der Waals surface area contributed by atoms with E-state index in [4.69, 9.17) is 4.74 Å². The number of hydrogen-bond donors (Lipinski definition) is 0. The lowest BCUT2D eigenvalue weighted by atomic mass is 9.59. The Morgan fingerprint density at radius 1 is 0.971 bits per heavy atom. The molecule has 4 rings (SSSR count). The normalized spacial score (nSPS) is 31.9. The van der Waals surface area contributed by atoms with Crippen LogP contribution in [0.1, 0.15) is 96.5 Å². The first-order valence-corrected chi connectivity index (χ1v) is 13.8. The molecule has 3 aliphatic rings. The Balaban J connectivity index is 1.36. The molecule has 0 radical (unpaired) electrons. The number of esters is 1. The molecule has 34 heavy (non-hydrogen) atoms. The molecule has 0 aliphatic heterocycles. The Hall–Kier alpha value is -1.71. The number of fused-ring (bicyclic) bond motifs is 1. The van der Waals surface area contributed by atoms with Crippen LogP contribution in [-0.4, -0.2) is 5.97 Å². The van der Waals surface area contributed by atoms with Gasteiger partial charge < -0.3 is 4.74 Å². The van der Waals surface area contributed by atoms with Crippen LogP contribution in [-0.2, 0) is 11.2 Å². The standard InChI is InChI=1S/C30H42F2O2/c1-3-5-6-8-22-16-18-27(29(32)28(22)31)34-30(33)26-10-7-9-24-19-23(15-17-25(24)26)21-13-11-20(4-2)12-14-21/h3,5,16,18,20-21,23-26H,4,6-15,17,19H2,1-2H3/b5-3+. The summed E-state index contributed by atoms with van der Waals surface area (Å²) >= 11 is 0. The third kappa shape index (κ3) is 5.74. The van der Waals surface area contributed by atoms with Crippen LogP contribution in [0.3, 0.4) is 0 Å². The van der Waals surface area contributed by atoms with E-state index in [2.05, 4.69) is 6.92 Å². The molecule has 0 spiro atoms. The van der Waals surface area contributed by atoms with Gasteiger partial charge in [0.2, 0.25) is 5.82 Å². The van der Waals surface area contributed by atoms with Crippen LogP contribution in [0.5, 0.6) is 5.75 Å². The SMILES string of the molecule is C/C=C/CCc1ccc(OC(=O)C2CCCC3CC(C4CCC(CC)CC4)CCC32)c(F)c1F. The summed E-state index contributed by atoms with van der Waals surface area (Å²) in [4.78, 5) is 13.1. The molecule has 3 saturated carbocycles. The van der Waals surface area contributed by atoms with Gasteiger partial charge in [0, 0.05) is 0 Å². The van der Waals surface area contributed by atoms with Gasteiger partial charge in [0.05, 0.1) is 5.92 Å². The minimum Gasteiger partial charge on any atom is -0.423 e. The van der Waals surface area contributed by atoms with Crippen molar-refractivity contribution < 1.29 is 18.3 Å². The number of halogens is 2. The number of carbonyl (C=O) groups excluding carboxylic acids is 1. The van der Waals surface area contributed by atoms with Crippen molar-refractivity contribution in [3.8, 4) is 5.75 Å². The quantitative estimate of drug-likeness (QED) is 0.226. The van der Waals surface area contributed by atoms with E-state index in [1.807, 2.05) is 19.1 Å². The van der Waals surface area contributed by atoms with E-state index in [-0.39, 0.29) is 17.6 Å². The van der Waals surface area contributed by atoms with E-state index in [1.165, 1.54) is 57.4 Å². The summed E-state index contributed by atoms with van der Waals surface area (Å²) in [6.45, 7) is 4.22. The summed E-state index contributed by atoms with van der Waals surface area (Å²) in [5, 5.41) is 0. The predicted molar refractivity (Wildman–Crippen MR) is 133 cm³/mol. The second kappa shape index (κ2) is 11.8. The van der Waals surface area contributed by atoms with Crippen LogP contribution < -0.4 is 4.74 Å². The molecule has 3 aliphatic carbocycles. The van der Waals surface area contributed by atoms with Crippen LogP contribution in [0.15, 0.2) is 24.3 Å². The molecule has 1 aromatic rings. The molecule has 4 heteroatoms. The number of benzene rings is 1. The van der Waals surface area contributed by atoms with Gasteiger partial charge in [-0.3, -0.25) is 4.79 Å². The van der Waals surface area contributed by atoms with Crippen molar-refractivity contribution >= 4 is 5.97 Å². The summed E-state index contributed by atoms with van der Waals surface area (Å²) in [5.41, 5.74) is 0.319. The fraction of sp³-hybridized carbons (Fsp3) is 0.700. The molecule has 188 valence electrons. The molecule has 1 aromatic carbocycles. The van der Waals surface area contributed by atoms with E-state index < -0.39 is 11.6 Å². The van der Waals surface area contributed by atoms with Gasteiger partial charge in [0.25, 0.3) is 0 Å². The van der Waals surface area contributed by atoms with Crippen LogP contribution in [0.25, 0.3) is 0 Å². The van der Waals surface area contributed by atoms with Crippen molar-refractivity contribution in [1.29, 1.82) is 0 Å². The summed E-state index contributed by atoms with van der Waals surface area (Å²) < 4.78 is 34.7. The van der Waals surface area contributed by atoms with E-state index in [9.17, 15) is 13.6 Å². The molecule has 2 nitrogen and oxygen atoms in total. The van der Waals surface area contributed by atoms with Crippen LogP contribution in [0.4, 0.5) is 8.78 Å². The highest BCUT2D eigenvalue weighted by atomic mass is 19.2. The van der Waals surface area contributed by atoms with Crippen LogP contribution >= 0.6 is 0 Å². The zero-order valence-electron chi connectivity index (χ0n) is 21.0. The lowest BCUT2D eigenvalue weighted by Crippen LogP contribution is -2.40. The molecule has 4 atom stereocenters. The van der Waals surface area contributed by atoms with Crippen molar-refractivity contribution in [3.05, 3.63) is 41.5 Å². The maximum absolute atomic E-state index is 14.7. The first kappa shape index (κ1) is 25.4. The van der Waals surface area contributed by atoms with Crippen molar-refractivity contribution in [2.75, 3.05) is 0 Å². The van der Waals surface area contributed by atoms with Gasteiger partial charge in [-0.15, -0.1) is 0 Å². The number of hydrogen-bond acceptors (Lipinski definition) is 2. The van der Waals surface area contributed by atoms with Gasteiger partial charge in [0.15, 0.2) is 11.6 Å². The molecule has 0 saturated heterocycles. The molecule has 0 aromatic heterocycles. The van der Waals surface area contributed by atoms with Gasteiger partial charge in [-0.25, -0.2) is 4.39 Å². The Bertz CT molecular complexity index is 856. The lowest BCUT2D eigenvalue weighted by molar-refractivity contribution is -0.144. The third-order valence-corrected chi connectivity index (χ3v) is 9.28. The number of ether oxygens (including phenoxy) is 1. The average molecular weight is 473 g/mol. The summed E-state index contributed by atoms with van der Waals surface area (Å²) in [6, 6.07) is 2.97. The fourth-order valence-corrected chi connectivity index (χ4v) is 7.22. The van der Waals surface area contributed by atoms with Gasteiger partial charge in [-0.2, -0.15) is 4.39 Å². The minimum absolute atomic E-state index is 0.188. The average Bonchev–Trinajstić information content (AvgIpc) is 2.87. The minimum atomic E-state index is -1.04. The van der Waals surface area contributed by atoms with Gasteiger partial charge >= 0.3 is 5.97 Å². The first-order valence-electron chi connectivity index (χ1n) is 13.8. The van der Waals surface area contributed by atoms with E-state index in [0.29, 0.717) is 30.2 Å². The highest BCUT2D eigenvalue weighted by Crippen LogP contribution is 2.50. The van der Waals surface area contributed by atoms with Gasteiger partial charge in [0.1, 0.15) is 0 Å². The fourth-order valence-electron chi connectivity index (χ4n) is 7.22. The molecular formula is C30H42F2O2. The van der Waals surface area contributed by atoms with Crippen LogP contribution in [0, 0.1) is 47.1 Å². The molecular weight excluding hydrogens is 430 g/mol. The largest absolute Gasteiger partial charge is 0.423 e. The van der Waals surface area contributed by atoms with E-state index in [0.717, 1.165) is 37.0 Å². The maximum atomic E-state index is 14.7. The first-order chi connectivity index (χ1) is 16.5. The molecule has 3 fully saturated rings. The predicted octanol–water partition coefficient (Wildman–Crippen LogP) is 8.43. The Morgan fingerprint density at radius 2 is 1.74 bits per heavy atom. The summed E-state index contributed by atoms with van der Waals surface area (Å²) in [7, 11) is 0. The molecule has 0 amide bonds. The van der Waals surface area contributed by atoms with Crippen molar-refractivity contribution in [2.24, 2.45) is 35.5 Å². The monoisotopic (exact) mass is 472 g/mol. The third-order valence-electron chi connectivity index (χ3n) is 9.28. The highest BCUT2D eigenvalue weighted by molar-refractivity contribution is 5.75. The molecule has 4 unspecified atom stereocenters. The smallest absolute Gasteiger partial charge is 0.314 e. The topological polar surface area (TPSA) is 26.3 Å². The highest BCUT2D eigenvalue weighted by Gasteiger charge is 2.43. The Kier molecular flexibility index (Phi) is 8.82. The zero-order valence-corrected chi connectivity index (χ0v) is 21.0. The van der Waals surface area contributed by atoms with E-state index >= 15 is 0 Å². The summed E-state index contributed by atoms with van der Waals surface area (Å²) in [6.07, 6.45) is 18.3. The van der Waals surface area contributed by atoms with E-state index in [1.54, 1.807) is 6.07 Å². The summed E-state index contributed by atoms with van der Waals surface area (Å²) in [5.74, 6) is 0.746. The maximum Gasteiger partial charge on any atom is 0.314 e. The zero-order chi connectivity index (χ0) is 24.1. The second-order valence-corrected chi connectivity index (χ2v) is 11.1. The molecule has 0 heterocycles. The van der Waals surface area contributed by atoms with Gasteiger partial charge in [-0.1, -0.05) is 57.2 Å². The van der Waals surface area contributed by atoms with Crippen molar-refractivity contribution in [1.82, 2.24) is 0 Å². The number of carbonyl (C=O) groups is 1. The van der Waals surface area contributed by atoms with Gasteiger partial charge in [-0.05, 0) is 99.5 Å². The second-order valence-electron chi connectivity index (χ2n) is 11.1. The number of rotatable bonds is 7. The Morgan fingerprint density at radius 3 is 2.47 bits per heavy atom. The number of aryl methyl sites for hydroxylation is 1. The number of allylic oxidation sites excluding steroid dienone is 2. The molecule has 0 N–H and O–H groups in total. The van der Waals surface area contributed by atoms with Crippen molar-refractivity contribution in [2.45, 2.75) is 97.3 Å². The Labute approximate surface area is 204 Å². The molecule has 0 bridgehead atoms.